The molecule has 1 saturated heterocycles. The molecule has 2 aromatic heterocycles. The van der Waals surface area contributed by atoms with Gasteiger partial charge in [0.25, 0.3) is 0 Å². The number of aromatic amines is 1. The van der Waals surface area contributed by atoms with Crippen LogP contribution in [-0.2, 0) is 16.0 Å². The molecule has 8 nitrogen and oxygen atoms in total. The number of aliphatic hydroxyl groups excluding tert-OH is 1. The number of aliphatic hydroxyl groups is 1. The number of amides is 1. The van der Waals surface area contributed by atoms with Gasteiger partial charge in [-0.15, -0.1) is 0 Å². The third kappa shape index (κ3) is 6.34. The highest BCUT2D eigenvalue weighted by Crippen LogP contribution is 2.28. The summed E-state index contributed by atoms with van der Waals surface area (Å²) in [5.41, 5.74) is 2.98. The van der Waals surface area contributed by atoms with Gasteiger partial charge in [0.15, 0.2) is 0 Å². The molecule has 2 atom stereocenters. The van der Waals surface area contributed by atoms with Gasteiger partial charge in [-0.25, -0.2) is 0 Å². The Kier molecular flexibility index (Phi) is 8.51. The van der Waals surface area contributed by atoms with Crippen LogP contribution < -0.4 is 10.1 Å². The van der Waals surface area contributed by atoms with Gasteiger partial charge in [0, 0.05) is 55.6 Å². The van der Waals surface area contributed by atoms with Crippen molar-refractivity contribution in [3.05, 3.63) is 60.0 Å². The number of morpholine rings is 1. The topological polar surface area (TPSA) is 99.7 Å². The number of hydrogen-bond acceptors (Lipinski definition) is 6. The number of H-pyrrole nitrogens is 1. The zero-order valence-electron chi connectivity index (χ0n) is 19.7. The molecular weight excluding hydrogens is 432 g/mol. The van der Waals surface area contributed by atoms with E-state index in [-0.39, 0.29) is 11.8 Å². The number of pyridine rings is 1. The van der Waals surface area contributed by atoms with Gasteiger partial charge < -0.3 is 29.8 Å². The Morgan fingerprint density at radius 2 is 2.15 bits per heavy atom. The highest BCUT2D eigenvalue weighted by Gasteiger charge is 2.19. The van der Waals surface area contributed by atoms with E-state index in [1.165, 1.54) is 5.56 Å². The van der Waals surface area contributed by atoms with Crippen molar-refractivity contribution in [1.82, 2.24) is 20.2 Å². The Morgan fingerprint density at radius 3 is 2.94 bits per heavy atom. The van der Waals surface area contributed by atoms with Crippen molar-refractivity contribution < 1.29 is 19.4 Å². The second kappa shape index (κ2) is 12.0. The second-order valence-corrected chi connectivity index (χ2v) is 8.86. The average molecular weight is 467 g/mol. The van der Waals surface area contributed by atoms with Gasteiger partial charge in [-0.05, 0) is 36.6 Å². The van der Waals surface area contributed by atoms with Crippen LogP contribution >= 0.6 is 0 Å². The molecule has 0 bridgehead atoms. The SMILES string of the molecule is CC(COc1cccc2c(CCNC[C@H](O)c3cccnc3)c[nH]c12)CC(=O)N1CCOCC1. The summed E-state index contributed by atoms with van der Waals surface area (Å²) in [6, 6.07) is 9.75. The summed E-state index contributed by atoms with van der Waals surface area (Å²) in [6.07, 6.45) is 6.13. The van der Waals surface area contributed by atoms with Gasteiger partial charge >= 0.3 is 0 Å². The largest absolute Gasteiger partial charge is 0.491 e. The minimum Gasteiger partial charge on any atom is -0.491 e. The molecule has 3 N–H and O–H groups in total. The summed E-state index contributed by atoms with van der Waals surface area (Å²) >= 11 is 0. The summed E-state index contributed by atoms with van der Waals surface area (Å²) in [6.45, 7) is 6.34. The Morgan fingerprint density at radius 1 is 1.29 bits per heavy atom. The van der Waals surface area contributed by atoms with E-state index in [0.717, 1.165) is 35.2 Å². The van der Waals surface area contributed by atoms with Gasteiger partial charge in [0.05, 0.1) is 31.4 Å². The zero-order chi connectivity index (χ0) is 23.8. The van der Waals surface area contributed by atoms with Crippen LogP contribution in [0.3, 0.4) is 0 Å². The summed E-state index contributed by atoms with van der Waals surface area (Å²) < 4.78 is 11.4. The maximum Gasteiger partial charge on any atom is 0.223 e. The second-order valence-electron chi connectivity index (χ2n) is 8.86. The first-order valence-electron chi connectivity index (χ1n) is 12.0. The average Bonchev–Trinajstić information content (AvgIpc) is 3.30. The van der Waals surface area contributed by atoms with E-state index in [1.807, 2.05) is 42.3 Å². The minimum absolute atomic E-state index is 0.121. The summed E-state index contributed by atoms with van der Waals surface area (Å²) in [7, 11) is 0. The maximum absolute atomic E-state index is 12.5. The molecule has 1 aliphatic heterocycles. The van der Waals surface area contributed by atoms with Crippen LogP contribution in [0, 0.1) is 5.92 Å². The molecule has 34 heavy (non-hydrogen) atoms. The molecule has 8 heteroatoms. The maximum atomic E-state index is 12.5. The van der Waals surface area contributed by atoms with Crippen LogP contribution in [0.5, 0.6) is 5.75 Å². The van der Waals surface area contributed by atoms with Crippen molar-refractivity contribution in [2.75, 3.05) is 46.0 Å². The molecule has 0 spiro atoms. The lowest BCUT2D eigenvalue weighted by Crippen LogP contribution is -2.41. The number of hydrogen-bond donors (Lipinski definition) is 3. The number of para-hydroxylation sites is 1. The van der Waals surface area contributed by atoms with Gasteiger partial charge in [-0.1, -0.05) is 25.1 Å². The molecule has 3 aromatic rings. The number of benzene rings is 1. The van der Waals surface area contributed by atoms with E-state index in [4.69, 9.17) is 9.47 Å². The van der Waals surface area contributed by atoms with E-state index in [9.17, 15) is 9.90 Å². The molecule has 1 unspecified atom stereocenters. The fourth-order valence-corrected chi connectivity index (χ4v) is 4.20. The third-order valence-corrected chi connectivity index (χ3v) is 6.15. The highest BCUT2D eigenvalue weighted by molar-refractivity contribution is 5.88. The Hall–Kier alpha value is -2.94. The molecule has 0 saturated carbocycles. The molecule has 1 aromatic carbocycles. The molecule has 0 aliphatic carbocycles. The van der Waals surface area contributed by atoms with Crippen molar-refractivity contribution in [2.24, 2.45) is 5.92 Å². The predicted molar refractivity (Wildman–Crippen MR) is 131 cm³/mol. The predicted octanol–water partition coefficient (Wildman–Crippen LogP) is 2.69. The Labute approximate surface area is 200 Å². The molecule has 3 heterocycles. The first-order chi connectivity index (χ1) is 16.6. The van der Waals surface area contributed by atoms with Crippen molar-refractivity contribution >= 4 is 16.8 Å². The summed E-state index contributed by atoms with van der Waals surface area (Å²) in [5.74, 6) is 1.09. The van der Waals surface area contributed by atoms with Crippen molar-refractivity contribution in [3.63, 3.8) is 0 Å². The smallest absolute Gasteiger partial charge is 0.223 e. The lowest BCUT2D eigenvalue weighted by molar-refractivity contribution is -0.136. The van der Waals surface area contributed by atoms with E-state index in [0.29, 0.717) is 45.9 Å². The molecule has 1 aliphatic rings. The highest BCUT2D eigenvalue weighted by atomic mass is 16.5. The molecule has 182 valence electrons. The summed E-state index contributed by atoms with van der Waals surface area (Å²) in [5, 5.41) is 14.7. The van der Waals surface area contributed by atoms with Gasteiger partial charge in [0.2, 0.25) is 5.91 Å². The number of aromatic nitrogens is 2. The first-order valence-corrected chi connectivity index (χ1v) is 12.0. The van der Waals surface area contributed by atoms with Crippen molar-refractivity contribution in [1.29, 1.82) is 0 Å². The third-order valence-electron chi connectivity index (χ3n) is 6.15. The van der Waals surface area contributed by atoms with Crippen LogP contribution in [-0.4, -0.2) is 71.9 Å². The zero-order valence-corrected chi connectivity index (χ0v) is 19.7. The van der Waals surface area contributed by atoms with Crippen molar-refractivity contribution in [3.8, 4) is 5.75 Å². The fourth-order valence-electron chi connectivity index (χ4n) is 4.20. The number of nitrogens with zero attached hydrogens (tertiary/aromatic N) is 2. The standard InChI is InChI=1S/C26H34N4O4/c1-19(14-25(32)30-10-12-33-13-11-30)18-34-24-6-2-5-22-20(16-29-26(22)24)7-9-28-17-23(31)21-4-3-8-27-15-21/h2-6,8,15-16,19,23,28-29,31H,7,9-14,17-18H2,1H3/t19?,23-/m0/s1. The van der Waals surface area contributed by atoms with Crippen molar-refractivity contribution in [2.45, 2.75) is 25.9 Å². The van der Waals surface area contributed by atoms with E-state index in [2.05, 4.69) is 21.4 Å². The quantitative estimate of drug-likeness (QED) is 0.376. The number of nitrogens with one attached hydrogen (secondary N) is 2. The number of carbonyl (C=O) groups is 1. The number of rotatable bonds is 11. The molecule has 4 rings (SSSR count). The van der Waals surface area contributed by atoms with E-state index >= 15 is 0 Å². The van der Waals surface area contributed by atoms with E-state index < -0.39 is 6.10 Å². The van der Waals surface area contributed by atoms with Gasteiger partial charge in [-0.3, -0.25) is 9.78 Å². The molecular formula is C26H34N4O4. The number of fused-ring (bicyclic) bond motifs is 1. The summed E-state index contributed by atoms with van der Waals surface area (Å²) in [4.78, 5) is 21.7. The van der Waals surface area contributed by atoms with Crippen LogP contribution in [0.25, 0.3) is 10.9 Å². The lowest BCUT2D eigenvalue weighted by atomic mass is 10.1. The number of carbonyl (C=O) groups excluding carboxylic acids is 1. The minimum atomic E-state index is -0.575. The van der Waals surface area contributed by atoms with Crippen LogP contribution in [0.15, 0.2) is 48.9 Å². The normalized spacial score (nSPS) is 15.9. The molecule has 0 radical (unpaired) electrons. The fraction of sp³-hybridized carbons (Fsp3) is 0.462. The first kappa shape index (κ1) is 24.2. The van der Waals surface area contributed by atoms with Crippen LogP contribution in [0.1, 0.15) is 30.6 Å². The monoisotopic (exact) mass is 466 g/mol. The van der Waals surface area contributed by atoms with Gasteiger partial charge in [-0.2, -0.15) is 0 Å². The van der Waals surface area contributed by atoms with Crippen LogP contribution in [0.4, 0.5) is 0 Å². The van der Waals surface area contributed by atoms with Gasteiger partial charge in [0.1, 0.15) is 5.75 Å². The van der Waals surface area contributed by atoms with Crippen LogP contribution in [0.2, 0.25) is 0 Å². The lowest BCUT2D eigenvalue weighted by Gasteiger charge is -2.27. The van der Waals surface area contributed by atoms with E-state index in [1.54, 1.807) is 12.4 Å². The molecule has 1 fully saturated rings. The molecule has 1 amide bonds. The Balaban J connectivity index is 1.26. The Bertz CT molecular complexity index is 1050. The number of ether oxygens (including phenoxy) is 2.